The molecule has 0 spiro atoms. The van der Waals surface area contributed by atoms with E-state index in [0.29, 0.717) is 13.2 Å². The summed E-state index contributed by atoms with van der Waals surface area (Å²) in [6.45, 7) is 1.22. The maximum atomic E-state index is 5.60. The van der Waals surface area contributed by atoms with Gasteiger partial charge in [-0.1, -0.05) is 6.07 Å². The van der Waals surface area contributed by atoms with Gasteiger partial charge >= 0.3 is 0 Å². The Balaban J connectivity index is 1.50. The van der Waals surface area contributed by atoms with Crippen molar-refractivity contribution in [1.29, 1.82) is 0 Å². The molecular weight excluding hydrogens is 284 g/mol. The highest BCUT2D eigenvalue weighted by molar-refractivity contribution is 7.09. The second-order valence-corrected chi connectivity index (χ2v) is 6.16. The van der Waals surface area contributed by atoms with Crippen LogP contribution in [0.4, 0.5) is 0 Å². The van der Waals surface area contributed by atoms with Crippen LogP contribution in [0.25, 0.3) is 11.0 Å². The Morgan fingerprint density at radius 2 is 2.00 bits per heavy atom. The first-order valence-electron chi connectivity index (χ1n) is 7.19. The Labute approximate surface area is 126 Å². The molecule has 4 nitrogen and oxygen atoms in total. The van der Waals surface area contributed by atoms with Crippen LogP contribution in [0.2, 0.25) is 0 Å². The number of ether oxygens (including phenoxy) is 2. The highest BCUT2D eigenvalue weighted by Gasteiger charge is 2.14. The average molecular weight is 300 g/mol. The van der Waals surface area contributed by atoms with Gasteiger partial charge in [0, 0.05) is 23.4 Å². The number of nitrogens with zero attached hydrogens (tertiary/aromatic N) is 1. The SMILES string of the molecule is c1csc(CCCc2nc3cc4c(cc3[nH]2)OCCO4)c1. The molecule has 1 aliphatic rings. The van der Waals surface area contributed by atoms with Gasteiger partial charge in [-0.25, -0.2) is 4.98 Å². The second-order valence-electron chi connectivity index (χ2n) is 5.13. The van der Waals surface area contributed by atoms with Gasteiger partial charge in [-0.2, -0.15) is 0 Å². The molecule has 3 aromatic rings. The quantitative estimate of drug-likeness (QED) is 0.801. The number of aromatic nitrogens is 2. The number of hydrogen-bond donors (Lipinski definition) is 1. The third kappa shape index (κ3) is 2.61. The molecule has 0 aliphatic carbocycles. The Morgan fingerprint density at radius 3 is 2.81 bits per heavy atom. The van der Waals surface area contributed by atoms with Crippen LogP contribution in [-0.4, -0.2) is 23.2 Å². The number of aromatic amines is 1. The zero-order valence-electron chi connectivity index (χ0n) is 11.6. The average Bonchev–Trinajstić information content (AvgIpc) is 3.13. The Bertz CT molecular complexity index is 706. The van der Waals surface area contributed by atoms with Gasteiger partial charge < -0.3 is 14.5 Å². The molecule has 5 heteroatoms. The molecule has 4 rings (SSSR count). The van der Waals surface area contributed by atoms with Crippen LogP contribution in [0.5, 0.6) is 11.5 Å². The summed E-state index contributed by atoms with van der Waals surface area (Å²) in [5.41, 5.74) is 1.97. The Morgan fingerprint density at radius 1 is 1.14 bits per heavy atom. The van der Waals surface area contributed by atoms with Gasteiger partial charge in [-0.15, -0.1) is 11.3 Å². The topological polar surface area (TPSA) is 47.1 Å². The lowest BCUT2D eigenvalue weighted by Gasteiger charge is -2.17. The van der Waals surface area contributed by atoms with E-state index in [-0.39, 0.29) is 0 Å². The molecule has 21 heavy (non-hydrogen) atoms. The number of rotatable bonds is 4. The second kappa shape index (κ2) is 5.41. The van der Waals surface area contributed by atoms with Crippen LogP contribution in [0.1, 0.15) is 17.1 Å². The molecule has 0 fully saturated rings. The number of aryl methyl sites for hydroxylation is 2. The monoisotopic (exact) mass is 300 g/mol. The van der Waals surface area contributed by atoms with Crippen LogP contribution >= 0.6 is 11.3 Å². The van der Waals surface area contributed by atoms with Crippen molar-refractivity contribution < 1.29 is 9.47 Å². The lowest BCUT2D eigenvalue weighted by atomic mass is 10.2. The van der Waals surface area contributed by atoms with Crippen molar-refractivity contribution in [1.82, 2.24) is 9.97 Å². The summed E-state index contributed by atoms with van der Waals surface area (Å²) in [7, 11) is 0. The van der Waals surface area contributed by atoms with Gasteiger partial charge in [0.15, 0.2) is 11.5 Å². The molecule has 108 valence electrons. The van der Waals surface area contributed by atoms with Crippen molar-refractivity contribution >= 4 is 22.4 Å². The van der Waals surface area contributed by atoms with Gasteiger partial charge in [0.2, 0.25) is 0 Å². The summed E-state index contributed by atoms with van der Waals surface area (Å²) < 4.78 is 11.2. The molecule has 1 aromatic carbocycles. The summed E-state index contributed by atoms with van der Waals surface area (Å²) in [6.07, 6.45) is 3.17. The van der Waals surface area contributed by atoms with E-state index in [0.717, 1.165) is 47.6 Å². The molecule has 0 saturated carbocycles. The molecule has 0 bridgehead atoms. The minimum atomic E-state index is 0.608. The first kappa shape index (κ1) is 12.7. The minimum Gasteiger partial charge on any atom is -0.486 e. The van der Waals surface area contributed by atoms with Gasteiger partial charge in [0.25, 0.3) is 0 Å². The number of fused-ring (bicyclic) bond motifs is 2. The van der Waals surface area contributed by atoms with Crippen LogP contribution in [0.15, 0.2) is 29.6 Å². The molecule has 2 aromatic heterocycles. The largest absolute Gasteiger partial charge is 0.486 e. The van der Waals surface area contributed by atoms with Gasteiger partial charge in [-0.3, -0.25) is 0 Å². The molecule has 0 atom stereocenters. The highest BCUT2D eigenvalue weighted by Crippen LogP contribution is 2.33. The smallest absolute Gasteiger partial charge is 0.163 e. The molecule has 3 heterocycles. The van der Waals surface area contributed by atoms with Crippen molar-refractivity contribution in [3.05, 3.63) is 40.3 Å². The summed E-state index contributed by atoms with van der Waals surface area (Å²) in [4.78, 5) is 9.47. The maximum Gasteiger partial charge on any atom is 0.163 e. The highest BCUT2D eigenvalue weighted by atomic mass is 32.1. The lowest BCUT2D eigenvalue weighted by Crippen LogP contribution is -2.15. The van der Waals surface area contributed by atoms with E-state index in [1.165, 1.54) is 4.88 Å². The van der Waals surface area contributed by atoms with Crippen molar-refractivity contribution in [2.24, 2.45) is 0 Å². The van der Waals surface area contributed by atoms with E-state index >= 15 is 0 Å². The normalized spacial score (nSPS) is 13.7. The fraction of sp³-hybridized carbons (Fsp3) is 0.312. The first-order valence-corrected chi connectivity index (χ1v) is 8.07. The molecule has 1 aliphatic heterocycles. The lowest BCUT2D eigenvalue weighted by molar-refractivity contribution is 0.172. The zero-order valence-corrected chi connectivity index (χ0v) is 12.4. The van der Waals surface area contributed by atoms with Crippen LogP contribution in [-0.2, 0) is 12.8 Å². The summed E-state index contributed by atoms with van der Waals surface area (Å²) in [5, 5.41) is 2.13. The summed E-state index contributed by atoms with van der Waals surface area (Å²) in [6, 6.07) is 8.24. The van der Waals surface area contributed by atoms with Crippen molar-refractivity contribution in [2.45, 2.75) is 19.3 Å². The number of hydrogen-bond acceptors (Lipinski definition) is 4. The standard InChI is InChI=1S/C16H16N2O2S/c1(3-11-4-2-8-21-11)5-16-17-12-9-14-15(10-13(12)18-16)20-7-6-19-14/h2,4,8-10H,1,3,5-7H2,(H,17,18). The van der Waals surface area contributed by atoms with E-state index < -0.39 is 0 Å². The summed E-state index contributed by atoms with van der Waals surface area (Å²) >= 11 is 1.82. The van der Waals surface area contributed by atoms with Crippen LogP contribution < -0.4 is 9.47 Å². The molecule has 0 amide bonds. The van der Waals surface area contributed by atoms with E-state index in [9.17, 15) is 0 Å². The molecule has 0 saturated heterocycles. The van der Waals surface area contributed by atoms with E-state index in [1.54, 1.807) is 0 Å². The summed E-state index contributed by atoms with van der Waals surface area (Å²) in [5.74, 6) is 2.64. The third-order valence-corrected chi connectivity index (χ3v) is 4.55. The van der Waals surface area contributed by atoms with Crippen LogP contribution in [0, 0.1) is 0 Å². The van der Waals surface area contributed by atoms with Crippen LogP contribution in [0.3, 0.4) is 0 Å². The Kier molecular flexibility index (Phi) is 3.27. The van der Waals surface area contributed by atoms with Gasteiger partial charge in [-0.05, 0) is 24.3 Å². The predicted octanol–water partition coefficient (Wildman–Crippen LogP) is 3.57. The third-order valence-electron chi connectivity index (χ3n) is 3.61. The van der Waals surface area contributed by atoms with Crippen molar-refractivity contribution in [2.75, 3.05) is 13.2 Å². The van der Waals surface area contributed by atoms with E-state index in [4.69, 9.17) is 9.47 Å². The zero-order chi connectivity index (χ0) is 14.1. The predicted molar refractivity (Wildman–Crippen MR) is 83.4 cm³/mol. The molecule has 0 unspecified atom stereocenters. The molecular formula is C16H16N2O2S. The van der Waals surface area contributed by atoms with Crippen molar-refractivity contribution in [3.63, 3.8) is 0 Å². The van der Waals surface area contributed by atoms with Gasteiger partial charge in [0.05, 0.1) is 11.0 Å². The number of imidazole rings is 1. The maximum absolute atomic E-state index is 5.60. The number of nitrogens with one attached hydrogen (secondary N) is 1. The fourth-order valence-electron chi connectivity index (χ4n) is 2.60. The number of H-pyrrole nitrogens is 1. The fourth-order valence-corrected chi connectivity index (χ4v) is 3.35. The first-order chi connectivity index (χ1) is 10.4. The number of benzene rings is 1. The Hall–Kier alpha value is -2.01. The van der Waals surface area contributed by atoms with E-state index in [2.05, 4.69) is 27.5 Å². The van der Waals surface area contributed by atoms with Crippen molar-refractivity contribution in [3.8, 4) is 11.5 Å². The molecule has 1 N–H and O–H groups in total. The molecule has 0 radical (unpaired) electrons. The van der Waals surface area contributed by atoms with E-state index in [1.807, 2.05) is 23.5 Å². The number of thiophene rings is 1. The minimum absolute atomic E-state index is 0.608. The van der Waals surface area contributed by atoms with Gasteiger partial charge in [0.1, 0.15) is 19.0 Å².